The van der Waals surface area contributed by atoms with Crippen LogP contribution < -0.4 is 55.8 Å². The molecule has 18 rings (SSSR count). The van der Waals surface area contributed by atoms with E-state index in [1.165, 1.54) is 234 Å². The Kier molecular flexibility index (Phi) is 36.6. The van der Waals surface area contributed by atoms with E-state index in [2.05, 4.69) is 151 Å². The Hall–Kier alpha value is -12.8. The monoisotopic (exact) mass is 1950 g/mol. The molecule has 141 heavy (non-hydrogen) atoms. The number of anilines is 10. The van der Waals surface area contributed by atoms with E-state index in [1.54, 1.807) is 55.5 Å². The first kappa shape index (κ1) is 104. The number of aryl methyl sites for hydroxylation is 5. The molecule has 7 saturated carbocycles. The molecule has 7 fully saturated rings. The molecule has 0 bridgehead atoms. The van der Waals surface area contributed by atoms with Crippen LogP contribution in [0.2, 0.25) is 0 Å². The molecule has 0 saturated heterocycles. The van der Waals surface area contributed by atoms with Crippen LogP contribution in [0.3, 0.4) is 0 Å². The first-order valence-electron chi connectivity index (χ1n) is 50.5. The van der Waals surface area contributed by atoms with Crippen LogP contribution in [0.25, 0.3) is 10.9 Å². The number of sulfone groups is 1. The van der Waals surface area contributed by atoms with Gasteiger partial charge < -0.3 is 56.1 Å². The van der Waals surface area contributed by atoms with Crippen LogP contribution >= 0.6 is 0 Å². The van der Waals surface area contributed by atoms with Crippen molar-refractivity contribution in [2.24, 2.45) is 17.8 Å². The third-order valence-electron chi connectivity index (χ3n) is 28.1. The van der Waals surface area contributed by atoms with Crippen molar-refractivity contribution in [1.82, 2.24) is 59.5 Å². The fraction of sp³-hybridized carbons (Fsp3) is 0.472. The molecule has 6 aromatic heterocycles. The summed E-state index contributed by atoms with van der Waals surface area (Å²) >= 11 is 0. The molecule has 0 atom stereocenters. The van der Waals surface area contributed by atoms with Gasteiger partial charge in [0.25, 0.3) is 29.5 Å². The molecule has 7 N–H and O–H groups in total. The number of fused-ring (bicyclic) bond motifs is 1. The van der Waals surface area contributed by atoms with E-state index < -0.39 is 19.9 Å². The van der Waals surface area contributed by atoms with Gasteiger partial charge in [-0.2, -0.15) is 0 Å². The van der Waals surface area contributed by atoms with Gasteiger partial charge in [-0.25, -0.2) is 71.4 Å². The minimum Gasteiger partial charge on any atom is -0.361 e. The number of nitrogens with one attached hydrogen (secondary N) is 7. The van der Waals surface area contributed by atoms with E-state index in [9.17, 15) is 40.8 Å². The Labute approximate surface area is 831 Å². The van der Waals surface area contributed by atoms with Crippen LogP contribution in [0.1, 0.15) is 280 Å². The van der Waals surface area contributed by atoms with Crippen molar-refractivity contribution in [2.75, 3.05) is 98.1 Å². The molecular formula is C108H140N22O9S2. The molecule has 748 valence electrons. The molecule has 6 heterocycles. The molecule has 7 aliphatic carbocycles. The first-order chi connectivity index (χ1) is 67.9. The Morgan fingerprint density at radius 3 is 1.07 bits per heavy atom. The number of amides is 5. The summed E-state index contributed by atoms with van der Waals surface area (Å²) < 4.78 is 50.3. The highest BCUT2D eigenvalue weighted by Crippen LogP contribution is 2.39. The van der Waals surface area contributed by atoms with Crippen molar-refractivity contribution < 1.29 is 40.8 Å². The number of benzene rings is 5. The van der Waals surface area contributed by atoms with Gasteiger partial charge in [0.1, 0.15) is 89.2 Å². The van der Waals surface area contributed by atoms with Crippen LogP contribution in [0, 0.1) is 52.4 Å². The first-order valence-corrected chi connectivity index (χ1v) is 53.8. The quantitative estimate of drug-likeness (QED) is 0.0229. The Morgan fingerprint density at radius 1 is 0.355 bits per heavy atom. The number of carbonyl (C=O) groups excluding carboxylic acids is 5. The summed E-state index contributed by atoms with van der Waals surface area (Å²) in [7, 11) is -0.702. The SMILES string of the molecule is CCCNS(=O)(=O)c1ccc(NC(=O)c2cc(N(C)C3CCCCC3)ncn2)cc1.CN(c1cc(C(=O)Nc2ccc3[nH]ccc3c2)ncn1)C1CCCCC1.Cc1cc(S(C)(=O)=O)ccc1NC(=O)c1cc(N(CC2CC2)C2CCCCC2)ncn1.Cc1ccc(NC(=O)c2cc(N(C)C3CCC(C)CC3)ncn2)c(C)c1.Cc1ccc(NC(=O)c2cc(N(CC3CC3)C3CCCCC3)ncn2)c(C)c1. The summed E-state index contributed by atoms with van der Waals surface area (Å²) in [6.45, 7) is 16.5. The molecule has 5 amide bonds. The summed E-state index contributed by atoms with van der Waals surface area (Å²) in [4.78, 5) is 121. The molecule has 0 unspecified atom stereocenters. The number of hydrogen-bond acceptors (Lipinski definition) is 24. The van der Waals surface area contributed by atoms with Gasteiger partial charge in [-0.05, 0) is 257 Å². The number of H-pyrrole nitrogens is 1. The van der Waals surface area contributed by atoms with E-state index in [0.29, 0.717) is 82.9 Å². The fourth-order valence-electron chi connectivity index (χ4n) is 19.2. The van der Waals surface area contributed by atoms with Gasteiger partial charge in [0, 0.05) is 153 Å². The van der Waals surface area contributed by atoms with Crippen LogP contribution in [0.4, 0.5) is 57.5 Å². The zero-order chi connectivity index (χ0) is 99.7. The van der Waals surface area contributed by atoms with Crippen molar-refractivity contribution in [3.63, 3.8) is 0 Å². The summed E-state index contributed by atoms with van der Waals surface area (Å²) in [6, 6.07) is 41.9. The van der Waals surface area contributed by atoms with E-state index in [-0.39, 0.29) is 45.0 Å². The maximum Gasteiger partial charge on any atom is 0.274 e. The number of nitrogens with zero attached hydrogens (tertiary/aromatic N) is 15. The average Bonchev–Trinajstić information content (AvgIpc) is 1.77. The van der Waals surface area contributed by atoms with Gasteiger partial charge in [-0.3, -0.25) is 24.0 Å². The number of carbonyl (C=O) groups is 5. The second-order valence-electron chi connectivity index (χ2n) is 39.3. The number of aromatic nitrogens is 11. The highest BCUT2D eigenvalue weighted by Gasteiger charge is 2.34. The van der Waals surface area contributed by atoms with Crippen LogP contribution in [-0.2, 0) is 19.9 Å². The number of rotatable bonds is 29. The van der Waals surface area contributed by atoms with Gasteiger partial charge in [0.05, 0.1) is 9.79 Å². The molecule has 11 aromatic rings. The molecular weight excluding hydrogens is 1810 g/mol. The van der Waals surface area contributed by atoms with Gasteiger partial charge in [0.15, 0.2) is 9.84 Å². The predicted molar refractivity (Wildman–Crippen MR) is 561 cm³/mol. The molecule has 33 heteroatoms. The summed E-state index contributed by atoms with van der Waals surface area (Å²) in [5.41, 5.74) is 11.4. The zero-order valence-electron chi connectivity index (χ0n) is 83.6. The third-order valence-corrected chi connectivity index (χ3v) is 30.7. The van der Waals surface area contributed by atoms with Crippen molar-refractivity contribution in [1.29, 1.82) is 0 Å². The fourth-order valence-corrected chi connectivity index (χ4v) is 21.1. The molecule has 0 aliphatic heterocycles. The zero-order valence-corrected chi connectivity index (χ0v) is 85.2. The maximum atomic E-state index is 12.9. The van der Waals surface area contributed by atoms with Crippen LogP contribution in [-0.4, -0.2) is 178 Å². The van der Waals surface area contributed by atoms with Crippen molar-refractivity contribution in [3.05, 3.63) is 228 Å². The Bertz CT molecular complexity index is 6310. The highest BCUT2D eigenvalue weighted by atomic mass is 32.2. The molecule has 0 radical (unpaired) electrons. The number of sulfonamides is 1. The predicted octanol–water partition coefficient (Wildman–Crippen LogP) is 20.4. The van der Waals surface area contributed by atoms with Gasteiger partial charge in [-0.15, -0.1) is 0 Å². The van der Waals surface area contributed by atoms with Crippen LogP contribution in [0.5, 0.6) is 0 Å². The minimum absolute atomic E-state index is 0.160. The molecule has 5 aromatic carbocycles. The van der Waals surface area contributed by atoms with Gasteiger partial charge in [0.2, 0.25) is 10.0 Å². The minimum atomic E-state index is -3.53. The number of aromatic amines is 1. The van der Waals surface area contributed by atoms with E-state index >= 15 is 0 Å². The van der Waals surface area contributed by atoms with E-state index in [4.69, 9.17) is 0 Å². The van der Waals surface area contributed by atoms with E-state index in [1.807, 2.05) is 95.5 Å². The lowest BCUT2D eigenvalue weighted by molar-refractivity contribution is 0.101. The summed E-state index contributed by atoms with van der Waals surface area (Å²) in [5.74, 6) is 5.09. The lowest BCUT2D eigenvalue weighted by Crippen LogP contribution is -2.39. The average molecular weight is 1950 g/mol. The Morgan fingerprint density at radius 2 is 0.695 bits per heavy atom. The maximum absolute atomic E-state index is 12.9. The lowest BCUT2D eigenvalue weighted by atomic mass is 9.87. The Balaban J connectivity index is 0.000000140. The smallest absolute Gasteiger partial charge is 0.274 e. The molecule has 7 aliphatic rings. The van der Waals surface area contributed by atoms with Gasteiger partial charge >= 0.3 is 0 Å². The second kappa shape index (κ2) is 49.6. The lowest BCUT2D eigenvalue weighted by Gasteiger charge is -2.35. The summed E-state index contributed by atoms with van der Waals surface area (Å²) in [6.07, 6.45) is 45.8. The van der Waals surface area contributed by atoms with Crippen LogP contribution in [0.15, 0.2) is 181 Å². The normalized spacial score (nSPS) is 16.9. The van der Waals surface area contributed by atoms with Crippen molar-refractivity contribution >= 4 is 118 Å². The van der Waals surface area contributed by atoms with Gasteiger partial charge in [-0.1, -0.05) is 126 Å². The number of hydrogen-bond donors (Lipinski definition) is 7. The highest BCUT2D eigenvalue weighted by molar-refractivity contribution is 7.90. The second-order valence-corrected chi connectivity index (χ2v) is 43.1. The standard InChI is InChI=1S/C23H30N4O3S.C23H30N4O.C21H29N5O3S.C21H28N4O.C20H23N5O/c1-16-12-19(31(2,29)30)10-11-20(16)26-23(28)21-13-22(25-15-24-21)27(14-17-8-9-17)18-6-4-3-5-7-18;1-16-8-11-20(17(2)12-16)26-23(28)21-13-22(25-15-24-21)27(14-18-9-10-18)19-6-4-3-5-7-19;1-3-13-24-30(28,29)18-11-9-16(10-12-18)25-21(27)19-14-20(23-15-22-19)26(2)17-7-5-4-6-8-17;1-14-5-8-17(9-6-14)25(4)20-12-19(22-13-23-20)21(26)24-18-10-7-15(2)11-16(18)3;1-25(16-5-3-2-4-6-16)19-12-18(22-13-23-19)20(26)24-15-7-8-17-14(11-15)9-10-21-17/h10-13,15,17-18H,3-9,14H2,1-2H3,(H,26,28);8,11-13,15,18-19H,3-7,9-10,14H2,1-2H3,(H,26,28);9-12,14-15,17,24H,3-8,13H2,1-2H3,(H,25,27);7,10-14,17H,5-6,8-9H2,1-4H3,(H,24,26);7-13,16,21H,2-6H2,1H3,(H,24,26). The third kappa shape index (κ3) is 29.9. The topological polar surface area (TPSA) is 387 Å². The van der Waals surface area contributed by atoms with E-state index in [0.717, 1.165) is 112 Å². The largest absolute Gasteiger partial charge is 0.361 e. The van der Waals surface area contributed by atoms with Crippen molar-refractivity contribution in [2.45, 2.75) is 275 Å². The molecule has 31 nitrogen and oxygen atoms in total. The van der Waals surface area contributed by atoms with Crippen molar-refractivity contribution in [3.8, 4) is 0 Å². The molecule has 0 spiro atoms. The summed E-state index contributed by atoms with van der Waals surface area (Å²) in [5, 5.41) is 15.6.